The van der Waals surface area contributed by atoms with Crippen molar-refractivity contribution in [3.05, 3.63) is 30.7 Å². The topological polar surface area (TPSA) is 74.3 Å². The van der Waals surface area contributed by atoms with Crippen molar-refractivity contribution >= 4 is 33.5 Å². The molecule has 0 spiro atoms. The van der Waals surface area contributed by atoms with Crippen LogP contribution in [0.25, 0.3) is 21.9 Å². The maximum atomic E-state index is 13.0. The zero-order chi connectivity index (χ0) is 22.8. The van der Waals surface area contributed by atoms with Crippen LogP contribution in [0.3, 0.4) is 0 Å². The van der Waals surface area contributed by atoms with Gasteiger partial charge in [0.05, 0.1) is 17.8 Å². The summed E-state index contributed by atoms with van der Waals surface area (Å²) >= 11 is 0. The maximum Gasteiger partial charge on any atom is 0.222 e. The molecule has 0 aliphatic carbocycles. The van der Waals surface area contributed by atoms with Crippen LogP contribution in [0.4, 0.5) is 5.69 Å². The van der Waals surface area contributed by atoms with E-state index in [1.807, 2.05) is 29.6 Å². The summed E-state index contributed by atoms with van der Waals surface area (Å²) in [6.45, 7) is 8.69. The third-order valence-electron chi connectivity index (χ3n) is 7.08. The summed E-state index contributed by atoms with van der Waals surface area (Å²) in [6.07, 6.45) is 10.7. The average molecular weight is 450 g/mol. The summed E-state index contributed by atoms with van der Waals surface area (Å²) in [5.74, 6) is 1.29. The molecule has 2 aliphatic heterocycles. The Hall–Kier alpha value is -2.67. The number of hydrogen-bond donors (Lipinski definition) is 1. The zero-order valence-electron chi connectivity index (χ0n) is 19.8. The largest absolute Gasteiger partial charge is 0.376 e. The Kier molecular flexibility index (Phi) is 6.49. The van der Waals surface area contributed by atoms with E-state index in [1.54, 1.807) is 0 Å². The Balaban J connectivity index is 1.20. The summed E-state index contributed by atoms with van der Waals surface area (Å²) in [4.78, 5) is 29.7. The third kappa shape index (κ3) is 4.83. The monoisotopic (exact) mass is 449 g/mol. The number of hydrogen-bond acceptors (Lipinski definition) is 5. The van der Waals surface area contributed by atoms with Gasteiger partial charge in [0.2, 0.25) is 5.91 Å². The van der Waals surface area contributed by atoms with Crippen LogP contribution < -0.4 is 4.90 Å². The Morgan fingerprint density at radius 3 is 2.85 bits per heavy atom. The van der Waals surface area contributed by atoms with E-state index >= 15 is 0 Å². The Bertz CT molecular complexity index is 1100. The van der Waals surface area contributed by atoms with Gasteiger partial charge in [-0.05, 0) is 49.7 Å². The summed E-state index contributed by atoms with van der Waals surface area (Å²) < 4.78 is 6.03. The number of carbonyl (C=O) groups is 1. The Morgan fingerprint density at radius 2 is 2.03 bits per heavy atom. The zero-order valence-corrected chi connectivity index (χ0v) is 19.8. The molecular formula is C26H35N5O2. The predicted molar refractivity (Wildman–Crippen MR) is 131 cm³/mol. The normalized spacial score (nSPS) is 20.3. The van der Waals surface area contributed by atoms with Crippen LogP contribution in [0.15, 0.2) is 30.7 Å². The van der Waals surface area contributed by atoms with Crippen molar-refractivity contribution in [2.45, 2.75) is 52.1 Å². The molecule has 0 aromatic carbocycles. The molecule has 176 valence electrons. The minimum absolute atomic E-state index is 0.201. The molecule has 1 N–H and O–H groups in total. The van der Waals surface area contributed by atoms with E-state index in [0.29, 0.717) is 24.2 Å². The van der Waals surface area contributed by atoms with Crippen molar-refractivity contribution < 1.29 is 9.53 Å². The van der Waals surface area contributed by atoms with Gasteiger partial charge < -0.3 is 19.5 Å². The Labute approximate surface area is 195 Å². The van der Waals surface area contributed by atoms with Crippen LogP contribution in [0.1, 0.15) is 46.0 Å². The lowest BCUT2D eigenvalue weighted by molar-refractivity contribution is -0.136. The predicted octanol–water partition coefficient (Wildman–Crippen LogP) is 4.38. The number of nitrogens with one attached hydrogen (secondary N) is 1. The first kappa shape index (κ1) is 22.1. The molecule has 5 heterocycles. The quantitative estimate of drug-likeness (QED) is 0.604. The van der Waals surface area contributed by atoms with E-state index in [-0.39, 0.29) is 6.10 Å². The minimum atomic E-state index is 0.201. The number of aromatic nitrogens is 3. The number of pyridine rings is 2. The van der Waals surface area contributed by atoms with Gasteiger partial charge in [0.1, 0.15) is 0 Å². The minimum Gasteiger partial charge on any atom is -0.376 e. The number of likely N-dealkylation sites (tertiary alicyclic amines) is 1. The van der Waals surface area contributed by atoms with Crippen molar-refractivity contribution in [2.24, 2.45) is 11.8 Å². The molecule has 2 saturated heterocycles. The second kappa shape index (κ2) is 9.67. The van der Waals surface area contributed by atoms with Crippen LogP contribution >= 0.6 is 0 Å². The van der Waals surface area contributed by atoms with Gasteiger partial charge >= 0.3 is 0 Å². The van der Waals surface area contributed by atoms with Crippen LogP contribution in [-0.2, 0) is 9.53 Å². The van der Waals surface area contributed by atoms with Crippen LogP contribution in [0.5, 0.6) is 0 Å². The molecule has 33 heavy (non-hydrogen) atoms. The first-order chi connectivity index (χ1) is 16.1. The third-order valence-corrected chi connectivity index (χ3v) is 7.08. The molecule has 3 aromatic heterocycles. The number of amides is 1. The van der Waals surface area contributed by atoms with Crippen LogP contribution in [-0.4, -0.2) is 64.6 Å². The first-order valence-electron chi connectivity index (χ1n) is 12.4. The summed E-state index contributed by atoms with van der Waals surface area (Å²) in [6, 6.07) is 4.20. The van der Waals surface area contributed by atoms with Crippen molar-refractivity contribution in [1.29, 1.82) is 0 Å². The highest BCUT2D eigenvalue weighted by Gasteiger charge is 2.28. The van der Waals surface area contributed by atoms with Crippen molar-refractivity contribution in [3.63, 3.8) is 0 Å². The lowest BCUT2D eigenvalue weighted by Crippen LogP contribution is -2.44. The van der Waals surface area contributed by atoms with Gasteiger partial charge in [-0.2, -0.15) is 0 Å². The van der Waals surface area contributed by atoms with E-state index < -0.39 is 0 Å². The maximum absolute atomic E-state index is 13.0. The number of anilines is 1. The molecule has 0 bridgehead atoms. The van der Waals surface area contributed by atoms with Gasteiger partial charge in [-0.1, -0.05) is 13.8 Å². The smallest absolute Gasteiger partial charge is 0.222 e. The van der Waals surface area contributed by atoms with Gasteiger partial charge in [-0.3, -0.25) is 4.79 Å². The number of H-pyrrole nitrogens is 1. The highest BCUT2D eigenvalue weighted by molar-refractivity contribution is 6.09. The molecule has 0 saturated carbocycles. The fourth-order valence-electron chi connectivity index (χ4n) is 5.29. The Morgan fingerprint density at radius 1 is 1.18 bits per heavy atom. The number of ether oxygens (including phenoxy) is 1. The van der Waals surface area contributed by atoms with E-state index in [4.69, 9.17) is 4.74 Å². The SMILES string of the molecule is CC(C)COC1CCCN(C(=O)CC2CCN(c3cc[nH]c4cnc5nccc5c34)CC2)C1. The van der Waals surface area contributed by atoms with E-state index in [0.717, 1.165) is 75.0 Å². The molecule has 5 rings (SSSR count). The fourth-order valence-corrected chi connectivity index (χ4v) is 5.29. The van der Waals surface area contributed by atoms with E-state index in [9.17, 15) is 4.79 Å². The number of carbonyl (C=O) groups excluding carboxylic acids is 1. The number of rotatable bonds is 6. The molecule has 7 heteroatoms. The summed E-state index contributed by atoms with van der Waals surface area (Å²) in [5.41, 5.74) is 3.06. The van der Waals surface area contributed by atoms with E-state index in [1.165, 1.54) is 11.1 Å². The molecule has 1 amide bonds. The molecule has 2 aliphatic rings. The molecule has 7 nitrogen and oxygen atoms in total. The average Bonchev–Trinajstić information content (AvgIpc) is 3.32. The molecule has 0 radical (unpaired) electrons. The van der Waals surface area contributed by atoms with Crippen LogP contribution in [0.2, 0.25) is 0 Å². The summed E-state index contributed by atoms with van der Waals surface area (Å²) in [5, 5.41) is 2.28. The van der Waals surface area contributed by atoms with Crippen LogP contribution in [0, 0.1) is 11.8 Å². The molecule has 2 fully saturated rings. The highest BCUT2D eigenvalue weighted by atomic mass is 16.5. The van der Waals surface area contributed by atoms with Gasteiger partial charge in [0, 0.05) is 68.1 Å². The lowest BCUT2D eigenvalue weighted by Gasteiger charge is -2.36. The number of nitrogens with zero attached hydrogens (tertiary/aromatic N) is 4. The second-order valence-electron chi connectivity index (χ2n) is 10.1. The van der Waals surface area contributed by atoms with Crippen molar-refractivity contribution in [3.8, 4) is 0 Å². The standard InChI is InChI=1S/C26H35N5O2/c1-18(2)17-33-20-4-3-11-31(16-20)24(32)14-19-7-12-30(13-8-19)23-6-10-27-22-15-29-26-21(25(22)23)5-9-28-26/h5-6,9-10,15,18-20,27H,3-4,7-8,11-14,16-17H2,1-2H3. The number of fused-ring (bicyclic) bond motifs is 3. The van der Waals surface area contributed by atoms with E-state index in [2.05, 4.69) is 39.8 Å². The van der Waals surface area contributed by atoms with Gasteiger partial charge in [-0.25, -0.2) is 9.97 Å². The fraction of sp³-hybridized carbons (Fsp3) is 0.577. The highest BCUT2D eigenvalue weighted by Crippen LogP contribution is 2.34. The van der Waals surface area contributed by atoms with Gasteiger partial charge in [0.15, 0.2) is 5.65 Å². The van der Waals surface area contributed by atoms with Gasteiger partial charge in [0.25, 0.3) is 0 Å². The van der Waals surface area contributed by atoms with Gasteiger partial charge in [-0.15, -0.1) is 0 Å². The molecule has 1 unspecified atom stereocenters. The number of aromatic amines is 1. The van der Waals surface area contributed by atoms with Crippen molar-refractivity contribution in [1.82, 2.24) is 19.9 Å². The number of piperidine rings is 2. The lowest BCUT2D eigenvalue weighted by atomic mass is 9.92. The molecule has 3 aromatic rings. The second-order valence-corrected chi connectivity index (χ2v) is 10.1. The molecule has 1 atom stereocenters. The first-order valence-corrected chi connectivity index (χ1v) is 12.4. The summed E-state index contributed by atoms with van der Waals surface area (Å²) in [7, 11) is 0. The molecular weight excluding hydrogens is 414 g/mol. The van der Waals surface area contributed by atoms with Crippen molar-refractivity contribution in [2.75, 3.05) is 37.7 Å².